The van der Waals surface area contributed by atoms with Crippen LogP contribution in [0.5, 0.6) is 0 Å². The van der Waals surface area contributed by atoms with Crippen LogP contribution >= 0.6 is 0 Å². The minimum atomic E-state index is -3.49. The van der Waals surface area contributed by atoms with E-state index in [1.807, 2.05) is 19.9 Å². The summed E-state index contributed by atoms with van der Waals surface area (Å²) >= 11 is 0. The first-order valence-corrected chi connectivity index (χ1v) is 11.6. The first-order valence-electron chi connectivity index (χ1n) is 10.2. The molecule has 0 saturated carbocycles. The molecule has 0 aliphatic rings. The van der Waals surface area contributed by atoms with Crippen molar-refractivity contribution in [1.29, 1.82) is 0 Å². The van der Waals surface area contributed by atoms with E-state index in [1.165, 1.54) is 24.6 Å². The van der Waals surface area contributed by atoms with E-state index >= 15 is 0 Å². The Morgan fingerprint density at radius 3 is 2.55 bits per heavy atom. The van der Waals surface area contributed by atoms with Crippen LogP contribution in [0.2, 0.25) is 0 Å². The topological polar surface area (TPSA) is 108 Å². The molecule has 9 nitrogen and oxygen atoms in total. The van der Waals surface area contributed by atoms with E-state index in [4.69, 9.17) is 6.57 Å². The van der Waals surface area contributed by atoms with E-state index in [0.29, 0.717) is 17.3 Å². The summed E-state index contributed by atoms with van der Waals surface area (Å²) in [6, 6.07) is 8.49. The molecule has 3 aromatic heterocycles. The zero-order valence-corrected chi connectivity index (χ0v) is 19.5. The SMILES string of the molecule is [C-]#[N+]c1cnc(N[C@H](C)c2ccc(S(=O)(=O)N(C)C)cc2)nc1-c1c[nH]c2ncc(C)cc12. The molecular formula is C23H23N7O2S. The van der Waals surface area contributed by atoms with E-state index < -0.39 is 10.0 Å². The molecule has 4 rings (SSSR count). The maximum absolute atomic E-state index is 12.3. The number of hydrogen-bond donors (Lipinski definition) is 2. The second-order valence-corrected chi connectivity index (χ2v) is 10.0. The minimum absolute atomic E-state index is 0.195. The Bertz CT molecular complexity index is 1470. The van der Waals surface area contributed by atoms with Gasteiger partial charge in [-0.25, -0.2) is 32.5 Å². The molecule has 4 aromatic rings. The Hall–Kier alpha value is -3.81. The predicted molar refractivity (Wildman–Crippen MR) is 127 cm³/mol. The van der Waals surface area contributed by atoms with Crippen LogP contribution in [0.1, 0.15) is 24.1 Å². The summed E-state index contributed by atoms with van der Waals surface area (Å²) < 4.78 is 25.8. The second-order valence-electron chi connectivity index (χ2n) is 7.87. The van der Waals surface area contributed by atoms with Crippen molar-refractivity contribution in [2.75, 3.05) is 19.4 Å². The fourth-order valence-electron chi connectivity index (χ4n) is 3.45. The molecule has 2 N–H and O–H groups in total. The molecule has 0 amide bonds. The zero-order chi connectivity index (χ0) is 23.8. The van der Waals surface area contributed by atoms with Crippen molar-refractivity contribution >= 4 is 32.7 Å². The van der Waals surface area contributed by atoms with Gasteiger partial charge in [0.1, 0.15) is 5.65 Å². The van der Waals surface area contributed by atoms with Crippen LogP contribution in [0.25, 0.3) is 27.1 Å². The highest BCUT2D eigenvalue weighted by Crippen LogP contribution is 2.34. The number of aromatic nitrogens is 4. The minimum Gasteiger partial charge on any atom is -0.348 e. The van der Waals surface area contributed by atoms with Gasteiger partial charge in [-0.2, -0.15) is 0 Å². The van der Waals surface area contributed by atoms with Gasteiger partial charge in [0.2, 0.25) is 21.7 Å². The van der Waals surface area contributed by atoms with Crippen LogP contribution in [0.15, 0.2) is 53.8 Å². The fourth-order valence-corrected chi connectivity index (χ4v) is 4.35. The van der Waals surface area contributed by atoms with Crippen molar-refractivity contribution in [3.05, 3.63) is 71.5 Å². The van der Waals surface area contributed by atoms with Crippen LogP contribution in [-0.4, -0.2) is 46.8 Å². The molecule has 168 valence electrons. The van der Waals surface area contributed by atoms with Crippen molar-refractivity contribution in [2.24, 2.45) is 0 Å². The number of benzene rings is 1. The van der Waals surface area contributed by atoms with Gasteiger partial charge in [0, 0.05) is 43.6 Å². The molecule has 1 atom stereocenters. The zero-order valence-electron chi connectivity index (χ0n) is 18.7. The van der Waals surface area contributed by atoms with Gasteiger partial charge in [-0.05, 0) is 43.2 Å². The monoisotopic (exact) mass is 461 g/mol. The van der Waals surface area contributed by atoms with Gasteiger partial charge in [-0.3, -0.25) is 0 Å². The fraction of sp³-hybridized carbons (Fsp3) is 0.217. The number of sulfonamides is 1. The summed E-state index contributed by atoms with van der Waals surface area (Å²) in [6.07, 6.45) is 5.08. The predicted octanol–water partition coefficient (Wildman–Crippen LogP) is 4.30. The Balaban J connectivity index is 1.64. The molecule has 33 heavy (non-hydrogen) atoms. The Morgan fingerprint density at radius 1 is 1.15 bits per heavy atom. The molecule has 0 saturated heterocycles. The molecule has 3 heterocycles. The van der Waals surface area contributed by atoms with Crippen LogP contribution < -0.4 is 5.32 Å². The van der Waals surface area contributed by atoms with Crippen LogP contribution in [0.4, 0.5) is 11.6 Å². The molecule has 10 heteroatoms. The number of H-pyrrole nitrogens is 1. The van der Waals surface area contributed by atoms with Gasteiger partial charge < -0.3 is 10.3 Å². The quantitative estimate of drug-likeness (QED) is 0.415. The van der Waals surface area contributed by atoms with Crippen molar-refractivity contribution in [1.82, 2.24) is 24.2 Å². The number of rotatable bonds is 6. The van der Waals surface area contributed by atoms with E-state index in [9.17, 15) is 8.42 Å². The summed E-state index contributed by atoms with van der Waals surface area (Å²) in [5.41, 5.74) is 4.24. The Morgan fingerprint density at radius 2 is 1.88 bits per heavy atom. The lowest BCUT2D eigenvalue weighted by atomic mass is 10.1. The molecule has 0 radical (unpaired) electrons. The van der Waals surface area contributed by atoms with Crippen LogP contribution in [0, 0.1) is 13.5 Å². The van der Waals surface area contributed by atoms with Gasteiger partial charge in [0.05, 0.1) is 23.2 Å². The smallest absolute Gasteiger partial charge is 0.242 e. The first-order chi connectivity index (χ1) is 15.7. The number of aryl methyl sites for hydroxylation is 1. The number of nitrogens with one attached hydrogen (secondary N) is 2. The lowest BCUT2D eigenvalue weighted by Gasteiger charge is -2.16. The molecule has 0 bridgehead atoms. The number of pyridine rings is 1. The third-order valence-electron chi connectivity index (χ3n) is 5.32. The maximum atomic E-state index is 12.3. The van der Waals surface area contributed by atoms with Crippen molar-refractivity contribution < 1.29 is 8.42 Å². The number of anilines is 1. The van der Waals surface area contributed by atoms with E-state index in [-0.39, 0.29) is 10.9 Å². The van der Waals surface area contributed by atoms with Crippen molar-refractivity contribution in [3.8, 4) is 11.3 Å². The summed E-state index contributed by atoms with van der Waals surface area (Å²) in [4.78, 5) is 20.3. The number of fused-ring (bicyclic) bond motifs is 1. The summed E-state index contributed by atoms with van der Waals surface area (Å²) in [6.45, 7) is 11.4. The normalized spacial score (nSPS) is 12.6. The highest BCUT2D eigenvalue weighted by atomic mass is 32.2. The lowest BCUT2D eigenvalue weighted by Crippen LogP contribution is -2.22. The molecule has 0 fully saturated rings. The molecule has 1 aromatic carbocycles. The highest BCUT2D eigenvalue weighted by molar-refractivity contribution is 7.89. The standard InChI is InChI=1S/C23H23N7O2S/c1-14-10-18-19(12-26-22(18)25-11-14)21-20(24-3)13-27-23(29-21)28-15(2)16-6-8-17(9-7-16)33(31,32)30(4)5/h6-13,15H,1-2,4-5H3,(H,25,26)(H,27,28,29)/t15-/m1/s1. The van der Waals surface area contributed by atoms with Gasteiger partial charge >= 0.3 is 0 Å². The summed E-state index contributed by atoms with van der Waals surface area (Å²) in [5, 5.41) is 4.13. The maximum Gasteiger partial charge on any atom is 0.242 e. The number of hydrogen-bond acceptors (Lipinski definition) is 6. The molecule has 0 spiro atoms. The van der Waals surface area contributed by atoms with Gasteiger partial charge in [-0.1, -0.05) is 12.1 Å². The van der Waals surface area contributed by atoms with E-state index in [0.717, 1.165) is 27.7 Å². The van der Waals surface area contributed by atoms with Gasteiger partial charge in [0.25, 0.3) is 0 Å². The molecule has 0 unspecified atom stereocenters. The van der Waals surface area contributed by atoms with Gasteiger partial charge in [-0.15, -0.1) is 0 Å². The molecular weight excluding hydrogens is 438 g/mol. The summed E-state index contributed by atoms with van der Waals surface area (Å²) in [5.74, 6) is 0.366. The third kappa shape index (κ3) is 4.28. The van der Waals surface area contributed by atoms with Gasteiger partial charge in [0.15, 0.2) is 0 Å². The third-order valence-corrected chi connectivity index (χ3v) is 7.15. The summed E-state index contributed by atoms with van der Waals surface area (Å²) in [7, 11) is -0.485. The number of nitrogens with zero attached hydrogens (tertiary/aromatic N) is 5. The molecule has 0 aliphatic carbocycles. The average Bonchev–Trinajstić information content (AvgIpc) is 3.21. The average molecular weight is 462 g/mol. The lowest BCUT2D eigenvalue weighted by molar-refractivity contribution is 0.520. The molecule has 0 aliphatic heterocycles. The van der Waals surface area contributed by atoms with Crippen molar-refractivity contribution in [2.45, 2.75) is 24.8 Å². The van der Waals surface area contributed by atoms with Crippen LogP contribution in [-0.2, 0) is 10.0 Å². The number of aromatic amines is 1. The first kappa shape index (κ1) is 22.4. The van der Waals surface area contributed by atoms with Crippen LogP contribution in [0.3, 0.4) is 0 Å². The Labute approximate surface area is 192 Å². The van der Waals surface area contributed by atoms with Crippen molar-refractivity contribution in [3.63, 3.8) is 0 Å². The van der Waals surface area contributed by atoms with E-state index in [1.54, 1.807) is 36.7 Å². The second kappa shape index (κ2) is 8.61. The Kier molecular flexibility index (Phi) is 5.84. The highest BCUT2D eigenvalue weighted by Gasteiger charge is 2.19. The van der Waals surface area contributed by atoms with E-state index in [2.05, 4.69) is 30.1 Å². The largest absolute Gasteiger partial charge is 0.348 e.